The maximum absolute atomic E-state index is 11.3. The summed E-state index contributed by atoms with van der Waals surface area (Å²) in [5.74, 6) is -1.77. The number of carbonyl (C=O) groups is 2. The summed E-state index contributed by atoms with van der Waals surface area (Å²) in [6.45, 7) is 1.27. The van der Waals surface area contributed by atoms with Crippen molar-refractivity contribution in [2.24, 2.45) is 0 Å². The quantitative estimate of drug-likeness (QED) is 0.444. The molecule has 1 heterocycles. The highest BCUT2D eigenvalue weighted by molar-refractivity contribution is 5.84. The van der Waals surface area contributed by atoms with Gasteiger partial charge in [0.1, 0.15) is 0 Å². The summed E-state index contributed by atoms with van der Waals surface area (Å²) in [7, 11) is 0. The zero-order chi connectivity index (χ0) is 12.1. The summed E-state index contributed by atoms with van der Waals surface area (Å²) in [5.41, 5.74) is 0. The van der Waals surface area contributed by atoms with Crippen molar-refractivity contribution in [2.45, 2.75) is 25.5 Å². The Bertz CT molecular complexity index is 363. The molecule has 0 aliphatic rings. The second kappa shape index (κ2) is 5.16. The van der Waals surface area contributed by atoms with Crippen molar-refractivity contribution in [1.29, 1.82) is 0 Å². The molecule has 0 saturated heterocycles. The Morgan fingerprint density at radius 3 is 2.69 bits per heavy atom. The average molecular weight is 229 g/mol. The zero-order valence-corrected chi connectivity index (χ0v) is 8.41. The molecular formula is C7H11N5O4. The van der Waals surface area contributed by atoms with Gasteiger partial charge >= 0.3 is 5.97 Å². The summed E-state index contributed by atoms with van der Waals surface area (Å²) in [6.07, 6.45) is -1.39. The molecule has 1 amide bonds. The number of rotatable bonds is 5. The van der Waals surface area contributed by atoms with Crippen molar-refractivity contribution in [1.82, 2.24) is 25.9 Å². The van der Waals surface area contributed by atoms with E-state index >= 15 is 0 Å². The van der Waals surface area contributed by atoms with E-state index in [0.29, 0.717) is 0 Å². The number of nitrogens with one attached hydrogen (secondary N) is 2. The first-order valence-electron chi connectivity index (χ1n) is 4.43. The van der Waals surface area contributed by atoms with E-state index in [-0.39, 0.29) is 12.2 Å². The molecule has 0 bridgehead atoms. The van der Waals surface area contributed by atoms with Gasteiger partial charge in [0.2, 0.25) is 5.91 Å². The molecule has 0 aromatic carbocycles. The van der Waals surface area contributed by atoms with Gasteiger partial charge in [-0.15, -0.1) is 10.2 Å². The molecule has 4 N–H and O–H groups in total. The predicted octanol–water partition coefficient (Wildman–Crippen LogP) is -2.31. The van der Waals surface area contributed by atoms with Crippen LogP contribution in [0.5, 0.6) is 0 Å². The fourth-order valence-corrected chi connectivity index (χ4v) is 1.01. The summed E-state index contributed by atoms with van der Waals surface area (Å²) >= 11 is 0. The van der Waals surface area contributed by atoms with E-state index in [4.69, 9.17) is 10.2 Å². The lowest BCUT2D eigenvalue weighted by Gasteiger charge is -2.16. The van der Waals surface area contributed by atoms with Crippen LogP contribution in [0, 0.1) is 0 Å². The summed E-state index contributed by atoms with van der Waals surface area (Å²) < 4.78 is 0. The monoisotopic (exact) mass is 229 g/mol. The minimum absolute atomic E-state index is 0.146. The van der Waals surface area contributed by atoms with Crippen molar-refractivity contribution in [3.63, 3.8) is 0 Å². The number of hydrogen-bond donors (Lipinski definition) is 4. The Morgan fingerprint density at radius 2 is 2.25 bits per heavy atom. The van der Waals surface area contributed by atoms with Gasteiger partial charge in [0.15, 0.2) is 11.9 Å². The number of H-pyrrole nitrogens is 1. The van der Waals surface area contributed by atoms with Gasteiger partial charge < -0.3 is 15.5 Å². The molecule has 9 nitrogen and oxygen atoms in total. The molecule has 2 atom stereocenters. The van der Waals surface area contributed by atoms with E-state index in [1.54, 1.807) is 0 Å². The fraction of sp³-hybridized carbons (Fsp3) is 0.571. The van der Waals surface area contributed by atoms with Gasteiger partial charge in [-0.05, 0) is 6.92 Å². The molecule has 0 radical (unpaired) electrons. The third-order valence-corrected chi connectivity index (χ3v) is 1.77. The molecule has 0 aliphatic heterocycles. The van der Waals surface area contributed by atoms with Crippen LogP contribution in [-0.4, -0.2) is 54.9 Å². The molecule has 0 aliphatic carbocycles. The molecule has 9 heteroatoms. The molecule has 88 valence electrons. The summed E-state index contributed by atoms with van der Waals surface area (Å²) in [4.78, 5) is 22.0. The number of hydrogen-bond acceptors (Lipinski definition) is 6. The molecule has 1 rings (SSSR count). The molecule has 16 heavy (non-hydrogen) atoms. The fourth-order valence-electron chi connectivity index (χ4n) is 1.01. The number of aromatic amines is 1. The van der Waals surface area contributed by atoms with Crippen LogP contribution >= 0.6 is 0 Å². The number of aromatic nitrogens is 4. The highest BCUT2D eigenvalue weighted by atomic mass is 16.4. The number of aliphatic carboxylic acids is 1. The minimum Gasteiger partial charge on any atom is -0.480 e. The van der Waals surface area contributed by atoms with Crippen molar-refractivity contribution in [3.8, 4) is 0 Å². The van der Waals surface area contributed by atoms with Crippen molar-refractivity contribution < 1.29 is 19.8 Å². The van der Waals surface area contributed by atoms with Crippen LogP contribution in [-0.2, 0) is 16.0 Å². The van der Waals surface area contributed by atoms with E-state index in [1.807, 2.05) is 0 Å². The van der Waals surface area contributed by atoms with Gasteiger partial charge in [0.05, 0.1) is 12.5 Å². The molecule has 1 aromatic heterocycles. The van der Waals surface area contributed by atoms with Crippen LogP contribution in [0.15, 0.2) is 0 Å². The lowest BCUT2D eigenvalue weighted by Crippen LogP contribution is -2.48. The second-order valence-corrected chi connectivity index (χ2v) is 3.13. The van der Waals surface area contributed by atoms with E-state index in [9.17, 15) is 9.59 Å². The first kappa shape index (κ1) is 12.0. The van der Waals surface area contributed by atoms with Gasteiger partial charge in [-0.1, -0.05) is 5.21 Å². The van der Waals surface area contributed by atoms with E-state index in [2.05, 4.69) is 25.9 Å². The predicted molar refractivity (Wildman–Crippen MR) is 49.1 cm³/mol. The standard InChI is InChI=1S/C7H11N5O4/c1-3(13)6(7(15)16)8-5(14)2-4-9-11-12-10-4/h3,6,13H,2H2,1H3,(H,8,14)(H,15,16)(H,9,10,11,12). The molecular weight excluding hydrogens is 218 g/mol. The van der Waals surface area contributed by atoms with E-state index < -0.39 is 24.0 Å². The van der Waals surface area contributed by atoms with Crippen molar-refractivity contribution in [3.05, 3.63) is 5.82 Å². The smallest absolute Gasteiger partial charge is 0.328 e. The second-order valence-electron chi connectivity index (χ2n) is 3.13. The highest BCUT2D eigenvalue weighted by Crippen LogP contribution is 1.94. The normalized spacial score (nSPS) is 14.1. The third kappa shape index (κ3) is 3.28. The molecule has 0 saturated carbocycles. The number of tetrazole rings is 1. The lowest BCUT2D eigenvalue weighted by molar-refractivity contribution is -0.144. The molecule has 2 unspecified atom stereocenters. The number of carboxylic acids is 1. The van der Waals surface area contributed by atoms with E-state index in [0.717, 1.165) is 0 Å². The molecule has 0 spiro atoms. The first-order chi connectivity index (χ1) is 7.50. The highest BCUT2D eigenvalue weighted by Gasteiger charge is 2.25. The number of carbonyl (C=O) groups excluding carboxylic acids is 1. The Morgan fingerprint density at radius 1 is 1.56 bits per heavy atom. The maximum Gasteiger partial charge on any atom is 0.328 e. The zero-order valence-electron chi connectivity index (χ0n) is 8.41. The number of aliphatic hydroxyl groups is 1. The SMILES string of the molecule is CC(O)C(NC(=O)Cc1nn[nH]n1)C(=O)O. The topological polar surface area (TPSA) is 141 Å². The summed E-state index contributed by atoms with van der Waals surface area (Å²) in [6, 6.07) is -1.35. The Kier molecular flexibility index (Phi) is 3.89. The first-order valence-corrected chi connectivity index (χ1v) is 4.43. The minimum atomic E-state index is -1.35. The Hall–Kier alpha value is -2.03. The van der Waals surface area contributed by atoms with Crippen LogP contribution in [0.2, 0.25) is 0 Å². The largest absolute Gasteiger partial charge is 0.480 e. The van der Waals surface area contributed by atoms with Crippen molar-refractivity contribution >= 4 is 11.9 Å². The van der Waals surface area contributed by atoms with Gasteiger partial charge in [-0.3, -0.25) is 4.79 Å². The molecule has 0 fully saturated rings. The third-order valence-electron chi connectivity index (χ3n) is 1.77. The van der Waals surface area contributed by atoms with Gasteiger partial charge in [-0.2, -0.15) is 5.21 Å². The maximum atomic E-state index is 11.3. The van der Waals surface area contributed by atoms with Gasteiger partial charge in [-0.25, -0.2) is 4.79 Å². The van der Waals surface area contributed by atoms with Gasteiger partial charge in [0.25, 0.3) is 0 Å². The van der Waals surface area contributed by atoms with Crippen LogP contribution < -0.4 is 5.32 Å². The van der Waals surface area contributed by atoms with Crippen LogP contribution in [0.1, 0.15) is 12.7 Å². The van der Waals surface area contributed by atoms with Gasteiger partial charge in [0, 0.05) is 0 Å². The average Bonchev–Trinajstić information content (AvgIpc) is 2.65. The van der Waals surface area contributed by atoms with Crippen LogP contribution in [0.4, 0.5) is 0 Å². The molecule has 1 aromatic rings. The number of carboxylic acid groups (broad SMARTS) is 1. The Balaban J connectivity index is 2.52. The van der Waals surface area contributed by atoms with E-state index in [1.165, 1.54) is 6.92 Å². The lowest BCUT2D eigenvalue weighted by atomic mass is 10.2. The van der Waals surface area contributed by atoms with Crippen LogP contribution in [0.25, 0.3) is 0 Å². The number of nitrogens with zero attached hydrogens (tertiary/aromatic N) is 3. The van der Waals surface area contributed by atoms with Crippen molar-refractivity contribution in [2.75, 3.05) is 0 Å². The Labute approximate surface area is 89.9 Å². The van der Waals surface area contributed by atoms with Crippen LogP contribution in [0.3, 0.4) is 0 Å². The number of aliphatic hydroxyl groups excluding tert-OH is 1. The number of amides is 1. The summed E-state index contributed by atoms with van der Waals surface area (Å²) in [5, 5.41) is 32.4.